The van der Waals surface area contributed by atoms with E-state index in [1.54, 1.807) is 19.1 Å². The maximum Gasteiger partial charge on any atom is 0.256 e. The van der Waals surface area contributed by atoms with E-state index in [1.807, 2.05) is 37.3 Å². The largest absolute Gasteiger partial charge is 0.267 e. The van der Waals surface area contributed by atoms with E-state index in [2.05, 4.69) is 0 Å². The number of rotatable bonds is 3. The van der Waals surface area contributed by atoms with Crippen molar-refractivity contribution in [1.29, 1.82) is 0 Å². The normalized spacial score (nSPS) is 25.6. The van der Waals surface area contributed by atoms with Gasteiger partial charge in [0.15, 0.2) is 0 Å². The van der Waals surface area contributed by atoms with E-state index in [9.17, 15) is 12.6 Å². The van der Waals surface area contributed by atoms with Gasteiger partial charge in [0.25, 0.3) is 21.3 Å². The summed E-state index contributed by atoms with van der Waals surface area (Å²) >= 11 is -2.05. The fraction of sp³-hybridized carbons (Fsp3) is 0.250. The van der Waals surface area contributed by atoms with Crippen LogP contribution in [0.1, 0.15) is 24.2 Å². The first-order valence-electron chi connectivity index (χ1n) is 7.16. The lowest BCUT2D eigenvalue weighted by Gasteiger charge is -2.19. The van der Waals surface area contributed by atoms with Crippen molar-refractivity contribution in [2.45, 2.75) is 30.9 Å². The third kappa shape index (κ3) is 2.97. The molecule has 0 spiro atoms. The number of benzene rings is 2. The van der Waals surface area contributed by atoms with Crippen LogP contribution in [0.25, 0.3) is 0 Å². The lowest BCUT2D eigenvalue weighted by Crippen LogP contribution is -2.35. The lowest BCUT2D eigenvalue weighted by atomic mass is 10.0. The molecular weight excluding hydrogens is 334 g/mol. The van der Waals surface area contributed by atoms with Gasteiger partial charge >= 0.3 is 0 Å². The molecule has 1 heterocycles. The van der Waals surface area contributed by atoms with E-state index in [-0.39, 0.29) is 4.90 Å². The molecule has 0 unspecified atom stereocenters. The standard InChI is InChI=1S/C16H17NO4S2/c1-12-8-10-15(11-9-12)23(19,20)17-13(2)16(21-22(17)18)14-6-4-3-5-7-14/h3-11,13,16H,1-2H3/t13-,16-,22+/m1/s1. The summed E-state index contributed by atoms with van der Waals surface area (Å²) in [5.74, 6) is 0. The number of hydrogen-bond acceptors (Lipinski definition) is 4. The monoisotopic (exact) mass is 351 g/mol. The van der Waals surface area contributed by atoms with Crippen molar-refractivity contribution < 1.29 is 16.8 Å². The van der Waals surface area contributed by atoms with Crippen LogP contribution in [0.15, 0.2) is 59.5 Å². The predicted octanol–water partition coefficient (Wildman–Crippen LogP) is 2.72. The highest BCUT2D eigenvalue weighted by Gasteiger charge is 2.46. The Hall–Kier alpha value is -1.54. The minimum atomic E-state index is -3.89. The van der Waals surface area contributed by atoms with Gasteiger partial charge in [0.05, 0.1) is 10.9 Å². The van der Waals surface area contributed by atoms with Gasteiger partial charge in [-0.25, -0.2) is 12.6 Å². The van der Waals surface area contributed by atoms with E-state index < -0.39 is 33.4 Å². The molecule has 0 saturated carbocycles. The third-order valence-corrected chi connectivity index (χ3v) is 7.41. The van der Waals surface area contributed by atoms with Gasteiger partial charge in [-0.2, -0.15) is 0 Å². The molecule has 3 atom stereocenters. The summed E-state index contributed by atoms with van der Waals surface area (Å²) in [6.45, 7) is 3.58. The molecule has 2 aromatic rings. The summed E-state index contributed by atoms with van der Waals surface area (Å²) in [4.78, 5) is 0.112. The minimum absolute atomic E-state index is 0.112. The molecule has 0 radical (unpaired) electrons. The maximum atomic E-state index is 12.8. The van der Waals surface area contributed by atoms with Gasteiger partial charge in [-0.15, -0.1) is 0 Å². The molecule has 0 bridgehead atoms. The summed E-state index contributed by atoms with van der Waals surface area (Å²) in [7, 11) is -3.89. The van der Waals surface area contributed by atoms with E-state index in [0.717, 1.165) is 14.8 Å². The second-order valence-corrected chi connectivity index (χ2v) is 8.52. The number of hydrogen-bond donors (Lipinski definition) is 0. The van der Waals surface area contributed by atoms with Gasteiger partial charge in [0, 0.05) is 0 Å². The first kappa shape index (κ1) is 16.3. The summed E-state index contributed by atoms with van der Waals surface area (Å²) < 4.78 is 44.2. The van der Waals surface area contributed by atoms with Gasteiger partial charge in [0.1, 0.15) is 6.10 Å². The summed E-state index contributed by atoms with van der Waals surface area (Å²) in [6.07, 6.45) is -0.558. The fourth-order valence-corrected chi connectivity index (χ4v) is 5.70. The number of sulfonamides is 1. The Kier molecular flexibility index (Phi) is 4.37. The second kappa shape index (κ2) is 6.16. The van der Waals surface area contributed by atoms with Crippen LogP contribution in [0.5, 0.6) is 0 Å². The van der Waals surface area contributed by atoms with Crippen molar-refractivity contribution in [3.05, 3.63) is 65.7 Å². The highest BCUT2D eigenvalue weighted by atomic mass is 32.3. The van der Waals surface area contributed by atoms with Crippen LogP contribution >= 0.6 is 0 Å². The molecular formula is C16H17NO4S2. The molecule has 1 fully saturated rings. The topological polar surface area (TPSA) is 63.7 Å². The van der Waals surface area contributed by atoms with Gasteiger partial charge < -0.3 is 0 Å². The average Bonchev–Trinajstić information content (AvgIpc) is 2.84. The summed E-state index contributed by atoms with van der Waals surface area (Å²) in [5, 5.41) is 0. The molecule has 0 aliphatic carbocycles. The van der Waals surface area contributed by atoms with E-state index in [1.165, 1.54) is 12.1 Å². The zero-order valence-electron chi connectivity index (χ0n) is 12.7. The molecule has 0 aromatic heterocycles. The predicted molar refractivity (Wildman–Crippen MR) is 88.1 cm³/mol. The third-order valence-electron chi connectivity index (χ3n) is 3.79. The van der Waals surface area contributed by atoms with Gasteiger partial charge in [-0.3, -0.25) is 4.18 Å². The number of aryl methyl sites for hydroxylation is 1. The second-order valence-electron chi connectivity index (χ2n) is 5.46. The first-order chi connectivity index (χ1) is 10.9. The van der Waals surface area contributed by atoms with Crippen LogP contribution in [0.3, 0.4) is 0 Å². The SMILES string of the molecule is Cc1ccc(S(=O)(=O)N2[C@H](C)[C@H](c3ccccc3)O[S@@]2=O)cc1. The van der Waals surface area contributed by atoms with E-state index >= 15 is 0 Å². The Morgan fingerprint density at radius 1 is 1.04 bits per heavy atom. The molecule has 23 heavy (non-hydrogen) atoms. The molecule has 122 valence electrons. The molecule has 1 aliphatic heterocycles. The summed E-state index contributed by atoms with van der Waals surface area (Å²) in [6, 6.07) is 15.1. The van der Waals surface area contributed by atoms with Gasteiger partial charge in [-0.1, -0.05) is 51.7 Å². The Bertz CT molecular complexity index is 819. The van der Waals surface area contributed by atoms with Crippen molar-refractivity contribution in [2.24, 2.45) is 0 Å². The molecule has 1 aliphatic rings. The lowest BCUT2D eigenvalue weighted by molar-refractivity contribution is 0.226. The zero-order valence-corrected chi connectivity index (χ0v) is 14.4. The molecule has 0 N–H and O–H groups in total. The summed E-state index contributed by atoms with van der Waals surface area (Å²) in [5.41, 5.74) is 1.76. The van der Waals surface area contributed by atoms with Crippen molar-refractivity contribution >= 4 is 21.3 Å². The first-order valence-corrected chi connectivity index (χ1v) is 9.63. The van der Waals surface area contributed by atoms with Crippen molar-refractivity contribution in [3.8, 4) is 0 Å². The Morgan fingerprint density at radius 2 is 1.65 bits per heavy atom. The van der Waals surface area contributed by atoms with E-state index in [0.29, 0.717) is 0 Å². The molecule has 2 aromatic carbocycles. The highest BCUT2D eigenvalue weighted by Crippen LogP contribution is 2.37. The van der Waals surface area contributed by atoms with Crippen LogP contribution in [-0.2, 0) is 25.5 Å². The molecule has 1 saturated heterocycles. The molecule has 3 rings (SSSR count). The smallest absolute Gasteiger partial charge is 0.256 e. The minimum Gasteiger partial charge on any atom is -0.267 e. The van der Waals surface area contributed by atoms with Crippen molar-refractivity contribution in [1.82, 2.24) is 3.71 Å². The fourth-order valence-electron chi connectivity index (χ4n) is 2.55. The zero-order chi connectivity index (χ0) is 16.6. The van der Waals surface area contributed by atoms with Crippen LogP contribution < -0.4 is 0 Å². The highest BCUT2D eigenvalue weighted by molar-refractivity contribution is 7.99. The van der Waals surface area contributed by atoms with Crippen LogP contribution in [0, 0.1) is 6.92 Å². The number of nitrogens with zero attached hydrogens (tertiary/aromatic N) is 1. The van der Waals surface area contributed by atoms with Crippen molar-refractivity contribution in [3.63, 3.8) is 0 Å². The van der Waals surface area contributed by atoms with Crippen LogP contribution in [0.2, 0.25) is 0 Å². The molecule has 0 amide bonds. The van der Waals surface area contributed by atoms with Crippen LogP contribution in [-0.4, -0.2) is 22.4 Å². The Balaban J connectivity index is 1.96. The van der Waals surface area contributed by atoms with Crippen LogP contribution in [0.4, 0.5) is 0 Å². The maximum absolute atomic E-state index is 12.8. The average molecular weight is 351 g/mol. The van der Waals surface area contributed by atoms with Gasteiger partial charge in [0.2, 0.25) is 0 Å². The Labute approximate surface area is 138 Å². The van der Waals surface area contributed by atoms with E-state index in [4.69, 9.17) is 4.18 Å². The quantitative estimate of drug-likeness (QED) is 0.853. The Morgan fingerprint density at radius 3 is 2.26 bits per heavy atom. The molecule has 7 heteroatoms. The molecule has 5 nitrogen and oxygen atoms in total. The van der Waals surface area contributed by atoms with Gasteiger partial charge in [-0.05, 0) is 31.5 Å². The van der Waals surface area contributed by atoms with Crippen molar-refractivity contribution in [2.75, 3.05) is 0 Å².